The molecular formula is C34H61F3O6S4+2. The molecule has 0 aromatic rings. The lowest BCUT2D eigenvalue weighted by molar-refractivity contribution is -0.124. The fourth-order valence-corrected chi connectivity index (χ4v) is 13.2. The van der Waals surface area contributed by atoms with Crippen LogP contribution in [0.2, 0.25) is 0 Å². The third kappa shape index (κ3) is 18.0. The maximum absolute atomic E-state index is 11.9. The van der Waals surface area contributed by atoms with E-state index >= 15 is 0 Å². The molecule has 0 radical (unpaired) electrons. The van der Waals surface area contributed by atoms with Gasteiger partial charge in [-0.2, -0.15) is 13.2 Å². The summed E-state index contributed by atoms with van der Waals surface area (Å²) in [6.45, 7) is 12.1. The van der Waals surface area contributed by atoms with Crippen molar-refractivity contribution in [2.75, 3.05) is 40.8 Å². The molecule has 2 atom stereocenters. The number of carbonyl (C=O) groups excluding carboxylic acids is 3. The fourth-order valence-electron chi connectivity index (χ4n) is 5.53. The Kier molecular flexibility index (Phi) is 19.6. The molecule has 2 aliphatic heterocycles. The minimum Gasteiger partial charge on any atom is -0.741 e. The van der Waals surface area contributed by atoms with E-state index in [2.05, 4.69) is 6.26 Å². The van der Waals surface area contributed by atoms with Crippen molar-refractivity contribution in [3.63, 3.8) is 0 Å². The summed E-state index contributed by atoms with van der Waals surface area (Å²) in [4.78, 5) is 35.1. The van der Waals surface area contributed by atoms with Crippen LogP contribution in [-0.2, 0) is 57.2 Å². The van der Waals surface area contributed by atoms with Gasteiger partial charge in [0.1, 0.15) is 28.3 Å². The van der Waals surface area contributed by atoms with E-state index in [0.29, 0.717) is 55.3 Å². The van der Waals surface area contributed by atoms with Gasteiger partial charge in [-0.15, -0.1) is 0 Å². The van der Waals surface area contributed by atoms with Gasteiger partial charge < -0.3 is 4.55 Å². The first-order chi connectivity index (χ1) is 21.5. The molecule has 4 rings (SSSR count). The third-order valence-electron chi connectivity index (χ3n) is 8.88. The standard InChI is InChI=1S/C13H23OS.2C10H19OS.CHF3O3S/c1-15(11-7-3-2-4-8-11)13-10-6-5-9-12(13)14;2*1-10(2,3)9(11)8-12-6-4-5-7-12;2-1(3,4)8(5,6)7/h11,13H,2-10H2,1H3;2*4-8H2,1-3H3;(H,5,6,7)/q3*+1;/p-1. The van der Waals surface area contributed by atoms with Crippen molar-refractivity contribution in [1.82, 2.24) is 0 Å². The summed E-state index contributed by atoms with van der Waals surface area (Å²) < 4.78 is 58.9. The molecule has 276 valence electrons. The molecule has 2 saturated heterocycles. The van der Waals surface area contributed by atoms with E-state index in [0.717, 1.165) is 29.6 Å². The quantitative estimate of drug-likeness (QED) is 0.162. The average molecular weight is 751 g/mol. The molecule has 2 aliphatic carbocycles. The van der Waals surface area contributed by atoms with Crippen molar-refractivity contribution in [2.24, 2.45) is 10.8 Å². The zero-order valence-electron chi connectivity index (χ0n) is 29.8. The molecule has 0 bridgehead atoms. The summed E-state index contributed by atoms with van der Waals surface area (Å²) in [5, 5.41) is 1.33. The highest BCUT2D eigenvalue weighted by atomic mass is 32.2. The average Bonchev–Trinajstić information content (AvgIpc) is 3.67. The largest absolute Gasteiger partial charge is 0.741 e. The van der Waals surface area contributed by atoms with Gasteiger partial charge in [0.2, 0.25) is 0 Å². The van der Waals surface area contributed by atoms with Crippen molar-refractivity contribution in [2.45, 2.75) is 141 Å². The third-order valence-corrected chi connectivity index (χ3v) is 17.2. The minimum atomic E-state index is -6.09. The van der Waals surface area contributed by atoms with E-state index in [9.17, 15) is 27.6 Å². The summed E-state index contributed by atoms with van der Waals surface area (Å²) in [5.74, 6) is 8.42. The van der Waals surface area contributed by atoms with Crippen LogP contribution < -0.4 is 0 Å². The van der Waals surface area contributed by atoms with Gasteiger partial charge in [0, 0.05) is 23.7 Å². The number of ketones is 3. The first-order valence-corrected chi connectivity index (χ1v) is 23.7. The summed E-state index contributed by atoms with van der Waals surface area (Å²) in [7, 11) is -4.82. The van der Waals surface area contributed by atoms with E-state index in [-0.39, 0.29) is 10.8 Å². The van der Waals surface area contributed by atoms with E-state index < -0.39 is 15.6 Å². The second-order valence-electron chi connectivity index (χ2n) is 15.1. The van der Waals surface area contributed by atoms with Gasteiger partial charge in [0.05, 0.1) is 6.26 Å². The Morgan fingerprint density at radius 1 is 0.723 bits per heavy atom. The number of alkyl halides is 3. The maximum Gasteiger partial charge on any atom is 0.485 e. The van der Waals surface area contributed by atoms with Gasteiger partial charge in [-0.25, -0.2) is 8.42 Å². The molecule has 0 aromatic heterocycles. The van der Waals surface area contributed by atoms with Crippen LogP contribution in [-0.4, -0.2) is 87.1 Å². The number of rotatable bonds is 6. The molecule has 0 N–H and O–H groups in total. The monoisotopic (exact) mass is 750 g/mol. The molecule has 6 nitrogen and oxygen atoms in total. The Morgan fingerprint density at radius 3 is 1.40 bits per heavy atom. The van der Waals surface area contributed by atoms with Crippen molar-refractivity contribution in [3.05, 3.63) is 0 Å². The number of hydrogen-bond acceptors (Lipinski definition) is 6. The van der Waals surface area contributed by atoms with Crippen molar-refractivity contribution >= 4 is 60.2 Å². The molecule has 0 amide bonds. The second-order valence-corrected chi connectivity index (χ2v) is 23.5. The molecule has 13 heteroatoms. The zero-order valence-corrected chi connectivity index (χ0v) is 33.1. The van der Waals surface area contributed by atoms with E-state index in [1.54, 1.807) is 0 Å². The first kappa shape index (κ1) is 44.8. The molecule has 2 heterocycles. The summed E-state index contributed by atoms with van der Waals surface area (Å²) in [5.41, 5.74) is -5.88. The molecule has 4 fully saturated rings. The van der Waals surface area contributed by atoms with Crippen molar-refractivity contribution in [1.29, 1.82) is 0 Å². The molecule has 2 unspecified atom stereocenters. The van der Waals surface area contributed by atoms with E-state index in [1.165, 1.54) is 93.6 Å². The van der Waals surface area contributed by atoms with Gasteiger partial charge in [-0.1, -0.05) is 48.0 Å². The van der Waals surface area contributed by atoms with Crippen LogP contribution in [0.15, 0.2) is 0 Å². The Labute approximate surface area is 292 Å². The van der Waals surface area contributed by atoms with Gasteiger partial charge in [-0.05, 0) is 96.9 Å². The summed E-state index contributed by atoms with van der Waals surface area (Å²) in [6.07, 6.45) is 19.3. The Bertz CT molecular complexity index is 1020. The number of carbonyl (C=O) groups is 3. The number of Topliss-reactive ketones (excluding diaryl/α,β-unsaturated/α-hetero) is 3. The second kappa shape index (κ2) is 20.6. The molecule has 0 spiro atoms. The highest BCUT2D eigenvalue weighted by Crippen LogP contribution is 2.31. The highest BCUT2D eigenvalue weighted by Gasteiger charge is 2.40. The minimum absolute atomic E-state index is 0.115. The van der Waals surface area contributed by atoms with Crippen molar-refractivity contribution in [3.8, 4) is 0 Å². The molecule has 2 saturated carbocycles. The molecular weight excluding hydrogens is 690 g/mol. The predicted molar refractivity (Wildman–Crippen MR) is 195 cm³/mol. The van der Waals surface area contributed by atoms with Crippen LogP contribution in [0.5, 0.6) is 0 Å². The van der Waals surface area contributed by atoms with Crippen LogP contribution in [0.3, 0.4) is 0 Å². The topological polar surface area (TPSA) is 108 Å². The Balaban J connectivity index is 0.000000321. The SMILES string of the molecule is CC(C)(C)C(=O)C[S+]1CCCC1.CC(C)(C)C(=O)C[S+]1CCCC1.C[S+](C1CCCCC1)C1CCCCC1=O.O=S(=O)([O-])C(F)(F)F. The molecule has 0 aromatic carbocycles. The van der Waals surface area contributed by atoms with Gasteiger partial charge in [0.15, 0.2) is 44.2 Å². The smallest absolute Gasteiger partial charge is 0.485 e. The first-order valence-electron chi connectivity index (χ1n) is 17.1. The van der Waals surface area contributed by atoms with Crippen LogP contribution in [0.25, 0.3) is 0 Å². The van der Waals surface area contributed by atoms with E-state index in [1.807, 2.05) is 41.5 Å². The van der Waals surface area contributed by atoms with Crippen LogP contribution in [0.4, 0.5) is 13.2 Å². The summed E-state index contributed by atoms with van der Waals surface area (Å²) in [6, 6.07) is 0. The Morgan fingerprint density at radius 2 is 1.09 bits per heavy atom. The van der Waals surface area contributed by atoms with Crippen molar-refractivity contribution < 1.29 is 40.5 Å². The predicted octanol–water partition coefficient (Wildman–Crippen LogP) is 7.16. The van der Waals surface area contributed by atoms with Gasteiger partial charge >= 0.3 is 5.51 Å². The summed E-state index contributed by atoms with van der Waals surface area (Å²) >= 11 is 0. The highest BCUT2D eigenvalue weighted by molar-refractivity contribution is 7.98. The maximum atomic E-state index is 11.9. The lowest BCUT2D eigenvalue weighted by Gasteiger charge is -2.27. The zero-order chi connectivity index (χ0) is 36.1. The normalized spacial score (nSPS) is 22.6. The molecule has 47 heavy (non-hydrogen) atoms. The number of halogens is 3. The van der Waals surface area contributed by atoms with E-state index in [4.69, 9.17) is 13.0 Å². The van der Waals surface area contributed by atoms with Crippen LogP contribution in [0.1, 0.15) is 125 Å². The van der Waals surface area contributed by atoms with Crippen LogP contribution in [0, 0.1) is 10.8 Å². The van der Waals surface area contributed by atoms with Crippen LogP contribution >= 0.6 is 0 Å². The lowest BCUT2D eigenvalue weighted by Crippen LogP contribution is -2.39. The van der Waals surface area contributed by atoms with Gasteiger partial charge in [0.25, 0.3) is 0 Å². The Hall–Kier alpha value is -0.240. The van der Waals surface area contributed by atoms with Gasteiger partial charge in [-0.3, -0.25) is 14.4 Å². The number of hydrogen-bond donors (Lipinski definition) is 0. The fraction of sp³-hybridized carbons (Fsp3) is 0.912. The molecule has 4 aliphatic rings. The lowest BCUT2D eigenvalue weighted by atomic mass is 9.92.